The fourth-order valence-electron chi connectivity index (χ4n) is 1.62. The molecule has 5 heteroatoms. The van der Waals surface area contributed by atoms with Gasteiger partial charge < -0.3 is 10.2 Å². The summed E-state index contributed by atoms with van der Waals surface area (Å²) >= 11 is 3.36. The second kappa shape index (κ2) is 7.41. The third-order valence-corrected chi connectivity index (χ3v) is 3.09. The van der Waals surface area contributed by atoms with E-state index in [1.54, 1.807) is 13.1 Å². The normalized spacial score (nSPS) is 11.5. The number of amides is 2. The summed E-state index contributed by atoms with van der Waals surface area (Å²) in [6.07, 6.45) is 3.19. The minimum atomic E-state index is -0.297. The number of carbonyl (C=O) groups excluding carboxylic acids is 2. The van der Waals surface area contributed by atoms with Crippen molar-refractivity contribution in [2.45, 2.75) is 26.3 Å². The van der Waals surface area contributed by atoms with Crippen molar-refractivity contribution in [1.29, 1.82) is 0 Å². The molecule has 1 aromatic rings. The minimum Gasteiger partial charge on any atom is -0.350 e. The van der Waals surface area contributed by atoms with E-state index in [0.29, 0.717) is 0 Å². The van der Waals surface area contributed by atoms with Gasteiger partial charge in [-0.1, -0.05) is 28.1 Å². The number of halogens is 1. The molecule has 1 N–H and O–H groups in total. The molecule has 0 unspecified atom stereocenters. The van der Waals surface area contributed by atoms with Crippen molar-refractivity contribution < 1.29 is 9.59 Å². The number of carbonyl (C=O) groups is 2. The predicted molar refractivity (Wildman–Crippen MR) is 88.7 cm³/mol. The van der Waals surface area contributed by atoms with Gasteiger partial charge in [-0.05, 0) is 44.5 Å². The van der Waals surface area contributed by atoms with Gasteiger partial charge in [0.25, 0.3) is 0 Å². The highest BCUT2D eigenvalue weighted by Crippen LogP contribution is 2.11. The predicted octanol–water partition coefficient (Wildman–Crippen LogP) is 2.84. The van der Waals surface area contributed by atoms with E-state index < -0.39 is 0 Å². The van der Waals surface area contributed by atoms with Crippen molar-refractivity contribution >= 4 is 33.8 Å². The Balaban J connectivity index is 2.54. The van der Waals surface area contributed by atoms with E-state index >= 15 is 0 Å². The Hall–Kier alpha value is -1.62. The Morgan fingerprint density at radius 3 is 2.33 bits per heavy atom. The van der Waals surface area contributed by atoms with E-state index in [4.69, 9.17) is 0 Å². The summed E-state index contributed by atoms with van der Waals surface area (Å²) in [6.45, 7) is 5.75. The second-order valence-corrected chi connectivity index (χ2v) is 6.79. The Morgan fingerprint density at radius 1 is 1.24 bits per heavy atom. The van der Waals surface area contributed by atoms with E-state index in [1.807, 2.05) is 45.0 Å². The first-order valence-electron chi connectivity index (χ1n) is 6.67. The molecule has 114 valence electrons. The molecule has 0 radical (unpaired) electrons. The van der Waals surface area contributed by atoms with E-state index in [-0.39, 0.29) is 23.9 Å². The maximum atomic E-state index is 11.9. The summed E-state index contributed by atoms with van der Waals surface area (Å²) in [6, 6.07) is 7.62. The molecule has 0 saturated carbocycles. The summed E-state index contributed by atoms with van der Waals surface area (Å²) in [5, 5.41) is 2.82. The molecule has 1 rings (SSSR count). The summed E-state index contributed by atoms with van der Waals surface area (Å²) in [5.41, 5.74) is 0.632. The zero-order valence-corrected chi connectivity index (χ0v) is 14.4. The van der Waals surface area contributed by atoms with E-state index in [9.17, 15) is 9.59 Å². The molecule has 0 bridgehead atoms. The molecule has 0 saturated heterocycles. The molecule has 2 amide bonds. The summed E-state index contributed by atoms with van der Waals surface area (Å²) in [5.74, 6) is -0.377. The van der Waals surface area contributed by atoms with Crippen molar-refractivity contribution in [2.75, 3.05) is 13.6 Å². The Morgan fingerprint density at radius 2 is 1.81 bits per heavy atom. The number of benzene rings is 1. The van der Waals surface area contributed by atoms with Crippen molar-refractivity contribution in [2.24, 2.45) is 0 Å². The topological polar surface area (TPSA) is 49.4 Å². The molecular weight excluding hydrogens is 332 g/mol. The Bertz CT molecular complexity index is 530. The van der Waals surface area contributed by atoms with Crippen LogP contribution >= 0.6 is 15.9 Å². The number of hydrogen-bond acceptors (Lipinski definition) is 2. The monoisotopic (exact) mass is 352 g/mol. The zero-order valence-electron chi connectivity index (χ0n) is 12.8. The Kier molecular flexibility index (Phi) is 6.15. The lowest BCUT2D eigenvalue weighted by atomic mass is 10.1. The van der Waals surface area contributed by atoms with E-state index in [2.05, 4.69) is 21.2 Å². The molecule has 4 nitrogen and oxygen atoms in total. The molecule has 0 fully saturated rings. The molecule has 1 aromatic carbocycles. The number of rotatable bonds is 4. The van der Waals surface area contributed by atoms with Gasteiger partial charge in [-0.25, -0.2) is 0 Å². The van der Waals surface area contributed by atoms with Crippen LogP contribution in [-0.2, 0) is 9.59 Å². The van der Waals surface area contributed by atoms with Gasteiger partial charge in [0, 0.05) is 23.1 Å². The molecule has 0 aromatic heterocycles. The highest BCUT2D eigenvalue weighted by molar-refractivity contribution is 9.10. The van der Waals surface area contributed by atoms with Crippen molar-refractivity contribution in [1.82, 2.24) is 10.2 Å². The molecular formula is C16H21BrN2O2. The average Bonchev–Trinajstić information content (AvgIpc) is 2.35. The fourth-order valence-corrected chi connectivity index (χ4v) is 1.88. The van der Waals surface area contributed by atoms with E-state index in [0.717, 1.165) is 10.0 Å². The van der Waals surface area contributed by atoms with Crippen LogP contribution in [0.3, 0.4) is 0 Å². The highest BCUT2D eigenvalue weighted by atomic mass is 79.9. The largest absolute Gasteiger partial charge is 0.350 e. The summed E-state index contributed by atoms with van der Waals surface area (Å²) in [4.78, 5) is 25.1. The third-order valence-electron chi connectivity index (χ3n) is 2.56. The van der Waals surface area contributed by atoms with Gasteiger partial charge in [-0.3, -0.25) is 9.59 Å². The maximum absolute atomic E-state index is 11.9. The van der Waals surface area contributed by atoms with Gasteiger partial charge in [0.2, 0.25) is 11.8 Å². The quantitative estimate of drug-likeness (QED) is 0.847. The lowest BCUT2D eigenvalue weighted by molar-refractivity contribution is -0.131. The smallest absolute Gasteiger partial charge is 0.246 e. The van der Waals surface area contributed by atoms with Gasteiger partial charge in [0.05, 0.1) is 6.54 Å². The third kappa shape index (κ3) is 7.09. The molecule has 0 aliphatic carbocycles. The number of nitrogens with zero attached hydrogens (tertiary/aromatic N) is 1. The average molecular weight is 353 g/mol. The zero-order chi connectivity index (χ0) is 16.0. The van der Waals surface area contributed by atoms with Gasteiger partial charge in [0.15, 0.2) is 0 Å². The molecule has 0 aliphatic rings. The SMILES string of the molecule is CN(CC(=O)NC(C)(C)C)C(=O)/C=C/c1ccc(Br)cc1. The van der Waals surface area contributed by atoms with Crippen LogP contribution in [0, 0.1) is 0 Å². The molecule has 0 aliphatic heterocycles. The Labute approximate surface area is 134 Å². The second-order valence-electron chi connectivity index (χ2n) is 5.88. The molecule has 0 heterocycles. The van der Waals surface area contributed by atoms with Crippen LogP contribution in [0.15, 0.2) is 34.8 Å². The first-order valence-corrected chi connectivity index (χ1v) is 7.46. The van der Waals surface area contributed by atoms with Crippen LogP contribution in [0.1, 0.15) is 26.3 Å². The lowest BCUT2D eigenvalue weighted by Gasteiger charge is -2.22. The molecule has 0 atom stereocenters. The van der Waals surface area contributed by atoms with Crippen molar-refractivity contribution in [3.63, 3.8) is 0 Å². The fraction of sp³-hybridized carbons (Fsp3) is 0.375. The van der Waals surface area contributed by atoms with E-state index in [1.165, 1.54) is 11.0 Å². The van der Waals surface area contributed by atoms with Crippen LogP contribution in [0.25, 0.3) is 6.08 Å². The lowest BCUT2D eigenvalue weighted by Crippen LogP contribution is -2.46. The van der Waals surface area contributed by atoms with Gasteiger partial charge in [-0.2, -0.15) is 0 Å². The van der Waals surface area contributed by atoms with Crippen LogP contribution in [0.2, 0.25) is 0 Å². The van der Waals surface area contributed by atoms with Crippen LogP contribution in [-0.4, -0.2) is 35.8 Å². The number of likely N-dealkylation sites (N-methyl/N-ethyl adjacent to an activating group) is 1. The maximum Gasteiger partial charge on any atom is 0.246 e. The molecule has 21 heavy (non-hydrogen) atoms. The highest BCUT2D eigenvalue weighted by Gasteiger charge is 2.16. The van der Waals surface area contributed by atoms with Crippen LogP contribution in [0.4, 0.5) is 0 Å². The van der Waals surface area contributed by atoms with Crippen molar-refractivity contribution in [3.05, 3.63) is 40.4 Å². The first-order chi connectivity index (χ1) is 9.67. The van der Waals surface area contributed by atoms with Gasteiger partial charge in [-0.15, -0.1) is 0 Å². The summed E-state index contributed by atoms with van der Waals surface area (Å²) < 4.78 is 0.988. The number of hydrogen-bond donors (Lipinski definition) is 1. The first kappa shape index (κ1) is 17.4. The summed E-state index contributed by atoms with van der Waals surface area (Å²) in [7, 11) is 1.61. The molecule has 0 spiro atoms. The van der Waals surface area contributed by atoms with Crippen LogP contribution in [0.5, 0.6) is 0 Å². The minimum absolute atomic E-state index is 0.0424. The van der Waals surface area contributed by atoms with Gasteiger partial charge in [0.1, 0.15) is 0 Å². The standard InChI is InChI=1S/C16H21BrN2O2/c1-16(2,3)18-14(20)11-19(4)15(21)10-7-12-5-8-13(17)9-6-12/h5-10H,11H2,1-4H3,(H,18,20)/b10-7+. The van der Waals surface area contributed by atoms with Crippen LogP contribution < -0.4 is 5.32 Å². The van der Waals surface area contributed by atoms with Crippen molar-refractivity contribution in [3.8, 4) is 0 Å². The van der Waals surface area contributed by atoms with Gasteiger partial charge >= 0.3 is 0 Å². The number of nitrogens with one attached hydrogen (secondary N) is 1.